The molecule has 1 aliphatic heterocycles. The molecule has 0 atom stereocenters. The molecule has 23 heavy (non-hydrogen) atoms. The van der Waals surface area contributed by atoms with E-state index >= 15 is 0 Å². The molecule has 0 aromatic heterocycles. The molecule has 2 aromatic rings. The lowest BCUT2D eigenvalue weighted by Gasteiger charge is -2.35. The van der Waals surface area contributed by atoms with Crippen molar-refractivity contribution < 1.29 is 9.90 Å². The number of carbonyl (C=O) groups excluding carboxylic acids is 1. The van der Waals surface area contributed by atoms with Crippen molar-refractivity contribution in [3.8, 4) is 5.75 Å². The fourth-order valence-electron chi connectivity index (χ4n) is 2.75. The third kappa shape index (κ3) is 4.23. The molecule has 0 aliphatic carbocycles. The van der Waals surface area contributed by atoms with Crippen molar-refractivity contribution >= 4 is 17.3 Å². The zero-order valence-electron chi connectivity index (χ0n) is 13.0. The van der Waals surface area contributed by atoms with Crippen molar-refractivity contribution in [2.75, 3.05) is 42.9 Å². The highest BCUT2D eigenvalue weighted by Gasteiger charge is 2.19. The molecule has 120 valence electrons. The number of para-hydroxylation sites is 1. The summed E-state index contributed by atoms with van der Waals surface area (Å²) in [6, 6.07) is 16.9. The molecule has 1 amide bonds. The lowest BCUT2D eigenvalue weighted by Crippen LogP contribution is -2.48. The number of phenols is 1. The molecule has 3 rings (SSSR count). The summed E-state index contributed by atoms with van der Waals surface area (Å²) in [6.45, 7) is 3.99. The summed E-state index contributed by atoms with van der Waals surface area (Å²) in [5, 5.41) is 12.1. The Labute approximate surface area is 136 Å². The van der Waals surface area contributed by atoms with Gasteiger partial charge in [-0.1, -0.05) is 18.2 Å². The van der Waals surface area contributed by atoms with E-state index in [9.17, 15) is 9.90 Å². The first-order chi connectivity index (χ1) is 11.2. The molecule has 2 aromatic carbocycles. The van der Waals surface area contributed by atoms with Gasteiger partial charge in [0.15, 0.2) is 0 Å². The molecule has 0 radical (unpaired) electrons. The van der Waals surface area contributed by atoms with E-state index in [2.05, 4.69) is 27.2 Å². The molecule has 1 saturated heterocycles. The average molecular weight is 311 g/mol. The van der Waals surface area contributed by atoms with E-state index in [1.807, 2.05) is 18.2 Å². The summed E-state index contributed by atoms with van der Waals surface area (Å²) in [5.41, 5.74) is 1.94. The predicted molar refractivity (Wildman–Crippen MR) is 91.8 cm³/mol. The molecule has 1 fully saturated rings. The summed E-state index contributed by atoms with van der Waals surface area (Å²) in [6.07, 6.45) is 0. The van der Waals surface area contributed by atoms with Crippen molar-refractivity contribution in [2.45, 2.75) is 0 Å². The van der Waals surface area contributed by atoms with Gasteiger partial charge in [0.25, 0.3) is 0 Å². The van der Waals surface area contributed by atoms with Crippen LogP contribution in [0.5, 0.6) is 5.75 Å². The van der Waals surface area contributed by atoms with Gasteiger partial charge < -0.3 is 15.3 Å². The van der Waals surface area contributed by atoms with Crippen molar-refractivity contribution in [1.29, 1.82) is 0 Å². The molecule has 5 nitrogen and oxygen atoms in total. The number of amides is 1. The second-order valence-corrected chi connectivity index (χ2v) is 5.69. The van der Waals surface area contributed by atoms with E-state index in [1.54, 1.807) is 24.3 Å². The maximum atomic E-state index is 12.1. The van der Waals surface area contributed by atoms with Crippen LogP contribution >= 0.6 is 0 Å². The normalized spacial score (nSPS) is 15.4. The Balaban J connectivity index is 1.47. The van der Waals surface area contributed by atoms with Gasteiger partial charge in [-0.15, -0.1) is 0 Å². The van der Waals surface area contributed by atoms with Gasteiger partial charge in [0.05, 0.1) is 6.54 Å². The minimum atomic E-state index is -0.0242. The first kappa shape index (κ1) is 15.4. The number of nitrogens with one attached hydrogen (secondary N) is 1. The maximum Gasteiger partial charge on any atom is 0.238 e. The van der Waals surface area contributed by atoms with E-state index < -0.39 is 0 Å². The van der Waals surface area contributed by atoms with Gasteiger partial charge in [0.1, 0.15) is 5.75 Å². The van der Waals surface area contributed by atoms with Crippen molar-refractivity contribution in [3.63, 3.8) is 0 Å². The molecular formula is C18H21N3O2. The zero-order valence-corrected chi connectivity index (χ0v) is 13.0. The minimum absolute atomic E-state index is 0.0242. The molecule has 1 aliphatic rings. The Morgan fingerprint density at radius 3 is 2.26 bits per heavy atom. The second-order valence-electron chi connectivity index (χ2n) is 5.69. The van der Waals surface area contributed by atoms with Crippen molar-refractivity contribution in [1.82, 2.24) is 4.90 Å². The van der Waals surface area contributed by atoms with Gasteiger partial charge in [-0.3, -0.25) is 9.69 Å². The van der Waals surface area contributed by atoms with Crippen LogP contribution < -0.4 is 10.2 Å². The Bertz CT molecular complexity index is 635. The van der Waals surface area contributed by atoms with Crippen LogP contribution in [0.1, 0.15) is 0 Å². The molecule has 5 heteroatoms. The lowest BCUT2D eigenvalue weighted by atomic mass is 10.2. The van der Waals surface area contributed by atoms with Crippen LogP contribution in [-0.4, -0.2) is 48.6 Å². The summed E-state index contributed by atoms with van der Waals surface area (Å²) in [4.78, 5) is 16.6. The monoisotopic (exact) mass is 311 g/mol. The molecule has 0 saturated carbocycles. The Morgan fingerprint density at radius 1 is 0.957 bits per heavy atom. The van der Waals surface area contributed by atoms with Gasteiger partial charge in [0, 0.05) is 37.6 Å². The smallest absolute Gasteiger partial charge is 0.238 e. The molecule has 0 unspecified atom stereocenters. The maximum absolute atomic E-state index is 12.1. The number of benzene rings is 2. The van der Waals surface area contributed by atoms with Gasteiger partial charge >= 0.3 is 0 Å². The number of nitrogens with zero attached hydrogens (tertiary/aromatic N) is 2. The number of anilines is 2. The van der Waals surface area contributed by atoms with Crippen LogP contribution in [-0.2, 0) is 4.79 Å². The summed E-state index contributed by atoms with van der Waals surface area (Å²) >= 11 is 0. The van der Waals surface area contributed by atoms with Crippen molar-refractivity contribution in [3.05, 3.63) is 54.6 Å². The van der Waals surface area contributed by atoms with Crippen LogP contribution in [0.25, 0.3) is 0 Å². The van der Waals surface area contributed by atoms with E-state index in [-0.39, 0.29) is 11.7 Å². The second kappa shape index (κ2) is 7.15. The third-order valence-corrected chi connectivity index (χ3v) is 4.01. The van der Waals surface area contributed by atoms with Crippen LogP contribution in [0.15, 0.2) is 54.6 Å². The Morgan fingerprint density at radius 2 is 1.61 bits per heavy atom. The SMILES string of the molecule is O=C(CN1CCN(c2ccccc2)CC1)Nc1ccc(O)cc1. The van der Waals surface area contributed by atoms with Crippen molar-refractivity contribution in [2.24, 2.45) is 0 Å². The summed E-state index contributed by atoms with van der Waals surface area (Å²) in [5.74, 6) is 0.170. The van der Waals surface area contributed by atoms with Gasteiger partial charge in [-0.25, -0.2) is 0 Å². The van der Waals surface area contributed by atoms with E-state index in [0.29, 0.717) is 12.2 Å². The quantitative estimate of drug-likeness (QED) is 0.850. The number of carbonyl (C=O) groups is 1. The largest absolute Gasteiger partial charge is 0.508 e. The zero-order chi connectivity index (χ0) is 16.1. The fourth-order valence-corrected chi connectivity index (χ4v) is 2.75. The average Bonchev–Trinajstić information content (AvgIpc) is 2.58. The van der Waals surface area contributed by atoms with Crippen LogP contribution in [0.3, 0.4) is 0 Å². The highest BCUT2D eigenvalue weighted by Crippen LogP contribution is 2.16. The minimum Gasteiger partial charge on any atom is -0.508 e. The summed E-state index contributed by atoms with van der Waals surface area (Å²) < 4.78 is 0. The highest BCUT2D eigenvalue weighted by molar-refractivity contribution is 5.92. The van der Waals surface area contributed by atoms with Crippen LogP contribution in [0, 0.1) is 0 Å². The van der Waals surface area contributed by atoms with Crippen LogP contribution in [0.2, 0.25) is 0 Å². The predicted octanol–water partition coefficient (Wildman–Crippen LogP) is 2.15. The highest BCUT2D eigenvalue weighted by atomic mass is 16.3. The molecule has 0 spiro atoms. The number of rotatable bonds is 4. The third-order valence-electron chi connectivity index (χ3n) is 4.01. The van der Waals surface area contributed by atoms with Gasteiger partial charge in [-0.2, -0.15) is 0 Å². The van der Waals surface area contributed by atoms with E-state index in [1.165, 1.54) is 5.69 Å². The topological polar surface area (TPSA) is 55.8 Å². The first-order valence-corrected chi connectivity index (χ1v) is 7.82. The molecule has 1 heterocycles. The first-order valence-electron chi connectivity index (χ1n) is 7.82. The Kier molecular flexibility index (Phi) is 4.78. The van der Waals surface area contributed by atoms with Gasteiger partial charge in [0.2, 0.25) is 5.91 Å². The molecular weight excluding hydrogens is 290 g/mol. The number of aromatic hydroxyl groups is 1. The molecule has 0 bridgehead atoms. The fraction of sp³-hybridized carbons (Fsp3) is 0.278. The Hall–Kier alpha value is -2.53. The lowest BCUT2D eigenvalue weighted by molar-refractivity contribution is -0.117. The van der Waals surface area contributed by atoms with Crippen LogP contribution in [0.4, 0.5) is 11.4 Å². The number of phenolic OH excluding ortho intramolecular Hbond substituents is 1. The standard InChI is InChI=1S/C18H21N3O2/c22-17-8-6-15(7-9-17)19-18(23)14-20-10-12-21(13-11-20)16-4-2-1-3-5-16/h1-9,22H,10-14H2,(H,19,23). The number of hydrogen-bond donors (Lipinski definition) is 2. The van der Waals surface area contributed by atoms with E-state index in [0.717, 1.165) is 26.2 Å². The number of hydrogen-bond acceptors (Lipinski definition) is 4. The van der Waals surface area contributed by atoms with Gasteiger partial charge in [-0.05, 0) is 36.4 Å². The van der Waals surface area contributed by atoms with E-state index in [4.69, 9.17) is 0 Å². The molecule has 2 N–H and O–H groups in total. The summed E-state index contributed by atoms with van der Waals surface area (Å²) in [7, 11) is 0. The number of piperazine rings is 1.